The Kier molecular flexibility index (Phi) is 3.26. The van der Waals surface area contributed by atoms with Crippen LogP contribution >= 0.6 is 0 Å². The highest BCUT2D eigenvalue weighted by atomic mass is 16.6. The summed E-state index contributed by atoms with van der Waals surface area (Å²) < 4.78 is 0. The van der Waals surface area contributed by atoms with E-state index in [-0.39, 0.29) is 13.0 Å². The monoisotopic (exact) mass is 105 g/mol. The predicted molar refractivity (Wildman–Crippen MR) is 22.4 cm³/mol. The van der Waals surface area contributed by atoms with Crippen LogP contribution in [0.25, 0.3) is 0 Å². The van der Waals surface area contributed by atoms with E-state index in [9.17, 15) is 4.79 Å². The van der Waals surface area contributed by atoms with Gasteiger partial charge in [0.2, 0.25) is 0 Å². The first-order valence-corrected chi connectivity index (χ1v) is 1.81. The molecule has 0 aromatic heterocycles. The Balaban J connectivity index is 2.82. The third kappa shape index (κ3) is 5.39. The summed E-state index contributed by atoms with van der Waals surface area (Å²) >= 11 is 0. The zero-order valence-corrected chi connectivity index (χ0v) is 3.76. The number of hydrogen-bond acceptors (Lipinski definition) is 3. The van der Waals surface area contributed by atoms with E-state index in [1.54, 1.807) is 0 Å². The molecular weight excluding hydrogens is 98.0 g/mol. The molecule has 0 heterocycles. The minimum absolute atomic E-state index is 0.0312. The number of carboxylic acid groups (broad SMARTS) is 1. The zero-order valence-electron chi connectivity index (χ0n) is 3.76. The smallest absolute Gasteiger partial charge is 0.305 e. The van der Waals surface area contributed by atoms with Crippen molar-refractivity contribution in [3.63, 3.8) is 0 Å². The van der Waals surface area contributed by atoms with Gasteiger partial charge >= 0.3 is 5.97 Å². The topological polar surface area (TPSA) is 72.5 Å². The molecule has 0 fully saturated rings. The molecular formula is C3H7NO3. The summed E-state index contributed by atoms with van der Waals surface area (Å²) in [5, 5.41) is 7.91. The minimum Gasteiger partial charge on any atom is -0.481 e. The fourth-order valence-corrected chi connectivity index (χ4v) is 0.146. The van der Waals surface area contributed by atoms with Crippen LogP contribution in [-0.4, -0.2) is 17.7 Å². The minimum atomic E-state index is -0.898. The standard InChI is InChI=1S/C3H7NO3/c4-7-2-1-3(5)6/h1-2,4H2,(H,5,6). The largest absolute Gasteiger partial charge is 0.481 e. The summed E-state index contributed by atoms with van der Waals surface area (Å²) in [5.41, 5.74) is 0. The number of aliphatic carboxylic acids is 1. The van der Waals surface area contributed by atoms with Crippen molar-refractivity contribution in [1.82, 2.24) is 0 Å². The number of hydrogen-bond donors (Lipinski definition) is 2. The van der Waals surface area contributed by atoms with Crippen molar-refractivity contribution in [3.05, 3.63) is 0 Å². The van der Waals surface area contributed by atoms with Crippen molar-refractivity contribution < 1.29 is 14.7 Å². The van der Waals surface area contributed by atoms with Gasteiger partial charge < -0.3 is 9.94 Å². The third-order valence-corrected chi connectivity index (χ3v) is 0.434. The van der Waals surface area contributed by atoms with Gasteiger partial charge in [-0.15, -0.1) is 0 Å². The molecule has 0 amide bonds. The fraction of sp³-hybridized carbons (Fsp3) is 0.667. The summed E-state index contributed by atoms with van der Waals surface area (Å²) in [6, 6.07) is 0. The van der Waals surface area contributed by atoms with Gasteiger partial charge in [-0.1, -0.05) is 0 Å². The second-order valence-corrected chi connectivity index (χ2v) is 1.01. The predicted octanol–water partition coefficient (Wildman–Crippen LogP) is -0.649. The van der Waals surface area contributed by atoms with Crippen molar-refractivity contribution in [1.29, 1.82) is 0 Å². The van der Waals surface area contributed by atoms with Gasteiger partial charge in [-0.3, -0.25) is 4.79 Å². The van der Waals surface area contributed by atoms with Crippen LogP contribution in [0.2, 0.25) is 0 Å². The highest BCUT2D eigenvalue weighted by molar-refractivity contribution is 5.66. The molecule has 0 radical (unpaired) electrons. The van der Waals surface area contributed by atoms with Crippen LogP contribution < -0.4 is 5.90 Å². The molecule has 0 bridgehead atoms. The lowest BCUT2D eigenvalue weighted by molar-refractivity contribution is -0.138. The highest BCUT2D eigenvalue weighted by Gasteiger charge is 1.91. The van der Waals surface area contributed by atoms with Crippen LogP contribution in [0.3, 0.4) is 0 Å². The molecule has 0 atom stereocenters. The van der Waals surface area contributed by atoms with E-state index in [2.05, 4.69) is 10.7 Å². The van der Waals surface area contributed by atoms with E-state index < -0.39 is 5.97 Å². The quantitative estimate of drug-likeness (QED) is 0.468. The normalized spacial score (nSPS) is 8.71. The van der Waals surface area contributed by atoms with Crippen molar-refractivity contribution in [2.45, 2.75) is 6.42 Å². The van der Waals surface area contributed by atoms with E-state index in [1.165, 1.54) is 0 Å². The van der Waals surface area contributed by atoms with E-state index in [1.807, 2.05) is 0 Å². The van der Waals surface area contributed by atoms with Gasteiger partial charge in [-0.25, -0.2) is 5.90 Å². The SMILES string of the molecule is NOCCC(=O)O. The number of rotatable bonds is 3. The summed E-state index contributed by atoms with van der Waals surface area (Å²) in [7, 11) is 0. The molecule has 0 aliphatic carbocycles. The Morgan fingerprint density at radius 2 is 2.43 bits per heavy atom. The number of carboxylic acids is 1. The van der Waals surface area contributed by atoms with Gasteiger partial charge in [0.05, 0.1) is 13.0 Å². The van der Waals surface area contributed by atoms with Crippen molar-refractivity contribution in [3.8, 4) is 0 Å². The van der Waals surface area contributed by atoms with Crippen LogP contribution in [0.15, 0.2) is 0 Å². The summed E-state index contributed by atoms with van der Waals surface area (Å²) in [5.74, 6) is 3.62. The van der Waals surface area contributed by atoms with Gasteiger partial charge in [-0.05, 0) is 0 Å². The average Bonchev–Trinajstić information content (AvgIpc) is 1.61. The molecule has 0 saturated heterocycles. The highest BCUT2D eigenvalue weighted by Crippen LogP contribution is 1.74. The Morgan fingerprint density at radius 1 is 1.86 bits per heavy atom. The molecule has 0 aliphatic heterocycles. The van der Waals surface area contributed by atoms with Crippen LogP contribution in [-0.2, 0) is 9.63 Å². The Labute approximate surface area is 40.8 Å². The molecule has 0 spiro atoms. The van der Waals surface area contributed by atoms with Crippen molar-refractivity contribution in [2.75, 3.05) is 6.61 Å². The van der Waals surface area contributed by atoms with Crippen LogP contribution in [0.4, 0.5) is 0 Å². The molecule has 4 nitrogen and oxygen atoms in total. The van der Waals surface area contributed by atoms with Crippen molar-refractivity contribution in [2.24, 2.45) is 5.90 Å². The second-order valence-electron chi connectivity index (χ2n) is 1.01. The molecule has 0 saturated carbocycles. The zero-order chi connectivity index (χ0) is 5.70. The average molecular weight is 105 g/mol. The maximum absolute atomic E-state index is 9.62. The van der Waals surface area contributed by atoms with Gasteiger partial charge in [0.15, 0.2) is 0 Å². The number of nitrogens with two attached hydrogens (primary N) is 1. The Morgan fingerprint density at radius 3 is 2.57 bits per heavy atom. The summed E-state index contributed by atoms with van der Waals surface area (Å²) in [6.07, 6.45) is -0.0312. The molecule has 0 aromatic carbocycles. The van der Waals surface area contributed by atoms with Crippen LogP contribution in [0, 0.1) is 0 Å². The summed E-state index contributed by atoms with van der Waals surface area (Å²) in [6.45, 7) is 0.0787. The molecule has 4 heteroatoms. The van der Waals surface area contributed by atoms with Crippen LogP contribution in [0.1, 0.15) is 6.42 Å². The van der Waals surface area contributed by atoms with E-state index >= 15 is 0 Å². The molecule has 3 N–H and O–H groups in total. The lowest BCUT2D eigenvalue weighted by Crippen LogP contribution is -2.05. The molecule has 0 aromatic rings. The lowest BCUT2D eigenvalue weighted by atomic mass is 10.5. The van der Waals surface area contributed by atoms with E-state index in [0.717, 1.165) is 0 Å². The van der Waals surface area contributed by atoms with Gasteiger partial charge in [0, 0.05) is 0 Å². The Bertz CT molecular complexity index is 63.2. The van der Waals surface area contributed by atoms with Gasteiger partial charge in [-0.2, -0.15) is 0 Å². The first-order chi connectivity index (χ1) is 3.27. The second kappa shape index (κ2) is 3.58. The maximum atomic E-state index is 9.62. The third-order valence-electron chi connectivity index (χ3n) is 0.434. The molecule has 7 heavy (non-hydrogen) atoms. The fourth-order valence-electron chi connectivity index (χ4n) is 0.146. The Hall–Kier alpha value is -0.610. The molecule has 0 unspecified atom stereocenters. The molecule has 42 valence electrons. The summed E-state index contributed by atoms with van der Waals surface area (Å²) in [4.78, 5) is 13.6. The van der Waals surface area contributed by atoms with E-state index in [0.29, 0.717) is 0 Å². The lowest BCUT2D eigenvalue weighted by Gasteiger charge is -1.88. The van der Waals surface area contributed by atoms with Crippen molar-refractivity contribution >= 4 is 5.97 Å². The van der Waals surface area contributed by atoms with Gasteiger partial charge in [0.25, 0.3) is 0 Å². The first-order valence-electron chi connectivity index (χ1n) is 1.81. The molecule has 0 rings (SSSR count). The van der Waals surface area contributed by atoms with E-state index in [4.69, 9.17) is 5.11 Å². The first kappa shape index (κ1) is 6.39. The van der Waals surface area contributed by atoms with Crippen LogP contribution in [0.5, 0.6) is 0 Å². The molecule has 0 aliphatic rings. The van der Waals surface area contributed by atoms with Gasteiger partial charge in [0.1, 0.15) is 0 Å². The number of carbonyl (C=O) groups is 1. The maximum Gasteiger partial charge on any atom is 0.305 e.